The maximum atomic E-state index is 14.0. The summed E-state index contributed by atoms with van der Waals surface area (Å²) in [7, 11) is 1.10. The van der Waals surface area contributed by atoms with Gasteiger partial charge in [-0.1, -0.05) is 12.1 Å². The van der Waals surface area contributed by atoms with Crippen molar-refractivity contribution >= 4 is 71.1 Å². The zero-order chi connectivity index (χ0) is 38.5. The van der Waals surface area contributed by atoms with Crippen LogP contribution in [-0.2, 0) is 47.8 Å². The molecule has 7 amide bonds. The van der Waals surface area contributed by atoms with Gasteiger partial charge in [-0.3, -0.25) is 43.9 Å². The maximum absolute atomic E-state index is 14.0. The minimum Gasteiger partial charge on any atom is -0.480 e. The molecule has 4 rings (SSSR count). The molecule has 2 fully saturated rings. The number of benzene rings is 1. The number of amides is 7. The van der Waals surface area contributed by atoms with Crippen LogP contribution in [0.5, 0.6) is 0 Å². The third-order valence-electron chi connectivity index (χ3n) is 8.06. The molecule has 3 aliphatic heterocycles. The highest BCUT2D eigenvalue weighted by Gasteiger charge is 2.67. The van der Waals surface area contributed by atoms with E-state index in [0.29, 0.717) is 4.90 Å². The number of hydrogen-bond acceptors (Lipinski definition) is 14. The van der Waals surface area contributed by atoms with Crippen molar-refractivity contribution in [2.75, 3.05) is 51.0 Å². The van der Waals surface area contributed by atoms with E-state index in [9.17, 15) is 48.3 Å². The molecule has 3 heterocycles. The summed E-state index contributed by atoms with van der Waals surface area (Å²) in [4.78, 5) is 116. The number of likely N-dealkylation sites (N-methyl/N-ethyl adjacent to an activating group) is 1. The third-order valence-corrected chi connectivity index (χ3v) is 9.43. The molecule has 0 saturated carbocycles. The molecule has 4 atom stereocenters. The quantitative estimate of drug-likeness (QED) is 0.0571. The summed E-state index contributed by atoms with van der Waals surface area (Å²) in [6.07, 6.45) is -1.05. The first-order valence-electron chi connectivity index (χ1n) is 15.4. The minimum atomic E-state index is -2.14. The molecular formula is C30H35N7O14S. The number of methoxy groups -OCH3 is 1. The van der Waals surface area contributed by atoms with Gasteiger partial charge in [0.2, 0.25) is 5.91 Å². The molecule has 52 heavy (non-hydrogen) atoms. The average molecular weight is 750 g/mol. The van der Waals surface area contributed by atoms with Gasteiger partial charge in [0, 0.05) is 50.7 Å². The number of hydrogen-bond donors (Lipinski definition) is 6. The van der Waals surface area contributed by atoms with E-state index in [2.05, 4.69) is 16.0 Å². The third kappa shape index (κ3) is 7.92. The molecule has 0 aliphatic carbocycles. The highest BCUT2D eigenvalue weighted by Crippen LogP contribution is 2.47. The monoisotopic (exact) mass is 749 g/mol. The lowest BCUT2D eigenvalue weighted by molar-refractivity contribution is -0.193. The van der Waals surface area contributed by atoms with Crippen molar-refractivity contribution in [3.63, 3.8) is 0 Å². The number of carbonyl (C=O) groups excluding carboxylic acids is 7. The Morgan fingerprint density at radius 3 is 2.29 bits per heavy atom. The van der Waals surface area contributed by atoms with E-state index in [1.807, 2.05) is 0 Å². The van der Waals surface area contributed by atoms with Crippen molar-refractivity contribution in [3.8, 4) is 0 Å². The van der Waals surface area contributed by atoms with Gasteiger partial charge in [0.1, 0.15) is 36.4 Å². The number of thioether (sulfide) groups is 1. The first-order chi connectivity index (χ1) is 24.6. The van der Waals surface area contributed by atoms with E-state index < -0.39 is 95.8 Å². The van der Waals surface area contributed by atoms with Crippen molar-refractivity contribution in [3.05, 3.63) is 41.1 Å². The summed E-state index contributed by atoms with van der Waals surface area (Å²) in [6.45, 7) is 1.82. The zero-order valence-electron chi connectivity index (χ0n) is 27.9. The molecular weight excluding hydrogens is 714 g/mol. The summed E-state index contributed by atoms with van der Waals surface area (Å²) < 4.78 is 15.2. The number of nitrogens with two attached hydrogens (primary N) is 1. The van der Waals surface area contributed by atoms with Crippen LogP contribution in [0.2, 0.25) is 0 Å². The Balaban J connectivity index is 1.60. The number of β-lactam (4-membered cyclic amide) rings is 1. The van der Waals surface area contributed by atoms with Gasteiger partial charge in [0.05, 0.1) is 0 Å². The fourth-order valence-corrected chi connectivity index (χ4v) is 6.74. The molecule has 0 bridgehead atoms. The Morgan fingerprint density at radius 2 is 1.71 bits per heavy atom. The Hall–Kier alpha value is -5.74. The predicted molar refractivity (Wildman–Crippen MR) is 175 cm³/mol. The van der Waals surface area contributed by atoms with Gasteiger partial charge in [-0.15, -0.1) is 11.8 Å². The van der Waals surface area contributed by atoms with Crippen LogP contribution in [0.3, 0.4) is 0 Å². The Kier molecular flexibility index (Phi) is 12.1. The van der Waals surface area contributed by atoms with Gasteiger partial charge < -0.3 is 45.7 Å². The van der Waals surface area contributed by atoms with Crippen molar-refractivity contribution < 1.29 is 67.6 Å². The Bertz CT molecular complexity index is 1720. The average Bonchev–Trinajstić information content (AvgIpc) is 3.11. The molecule has 1 aromatic carbocycles. The molecule has 21 nitrogen and oxygen atoms in total. The molecule has 22 heteroatoms. The number of aliphatic carboxylic acids is 2. The first kappa shape index (κ1) is 39.1. The molecule has 7 N–H and O–H groups in total. The van der Waals surface area contributed by atoms with Gasteiger partial charge in [0.15, 0.2) is 0 Å². The normalized spacial score (nSPS) is 21.0. The first-order valence-corrected chi connectivity index (χ1v) is 16.5. The van der Waals surface area contributed by atoms with Crippen LogP contribution in [0.25, 0.3) is 0 Å². The number of urea groups is 1. The number of nitrogens with zero attached hydrogens (tertiary/aromatic N) is 3. The summed E-state index contributed by atoms with van der Waals surface area (Å²) in [5.74, 6) is -7.69. The van der Waals surface area contributed by atoms with Crippen LogP contribution in [0.1, 0.15) is 25.5 Å². The van der Waals surface area contributed by atoms with Crippen LogP contribution in [0.4, 0.5) is 15.3 Å². The molecule has 0 radical (unpaired) electrons. The van der Waals surface area contributed by atoms with E-state index in [0.717, 1.165) is 30.7 Å². The standard InChI is InChI=1S/C30H35N7O14S/c1-4-35-9-10-36(23(41)22(35)40)28(47)33-19(15-5-7-17(8-6-15)32-29(48)51-12-18(31)24(42)43)21(39)34-30(49-3)26(46)37-20(25(44)45)16(11-50-14(2)38)13-52-27(30)37/h5-8,18-19,27H,4,9-13,31H2,1-3H3,(H,32,48)(H,33,47)(H,34,39)(H,42,43)(H,44,45)/t18-,19-,27-,30+/m1/s1. The second kappa shape index (κ2) is 16.1. The van der Waals surface area contributed by atoms with Gasteiger partial charge in [-0.25, -0.2) is 14.4 Å². The van der Waals surface area contributed by atoms with Crippen LogP contribution < -0.4 is 21.7 Å². The number of rotatable bonds is 13. The largest absolute Gasteiger partial charge is 0.480 e. The number of nitrogens with one attached hydrogen (secondary N) is 3. The topological polar surface area (TPSA) is 294 Å². The van der Waals surface area contributed by atoms with E-state index in [1.165, 1.54) is 29.2 Å². The Labute approximate surface area is 298 Å². The molecule has 1 aromatic rings. The summed E-state index contributed by atoms with van der Waals surface area (Å²) in [6, 6.07) is 0.912. The summed E-state index contributed by atoms with van der Waals surface area (Å²) >= 11 is 1.01. The SMILES string of the molecule is CCN1CCN(C(=O)N[C@@H](C(=O)N[C@]2(OC)C(=O)N3C(C(=O)O)=C(COC(C)=O)CS[C@@H]32)c2ccc(NC(=O)OC[C@@H](N)C(=O)O)cc2)C(=O)C1=O. The summed E-state index contributed by atoms with van der Waals surface area (Å²) in [5, 5.41) is 24.9. The number of fused-ring (bicyclic) bond motifs is 1. The number of anilines is 1. The molecule has 2 saturated heterocycles. The molecule has 3 aliphatic rings. The van der Waals surface area contributed by atoms with Crippen LogP contribution >= 0.6 is 11.8 Å². The van der Waals surface area contributed by atoms with Gasteiger partial charge in [-0.2, -0.15) is 0 Å². The smallest absolute Gasteiger partial charge is 0.411 e. The highest BCUT2D eigenvalue weighted by molar-refractivity contribution is 8.00. The van der Waals surface area contributed by atoms with Crippen molar-refractivity contribution in [1.29, 1.82) is 0 Å². The lowest BCUT2D eigenvalue weighted by atomic mass is 9.96. The van der Waals surface area contributed by atoms with Gasteiger partial charge in [0.25, 0.3) is 11.6 Å². The van der Waals surface area contributed by atoms with Crippen LogP contribution in [0, 0.1) is 0 Å². The number of carbonyl (C=O) groups is 9. The number of carboxylic acids is 2. The van der Waals surface area contributed by atoms with E-state index >= 15 is 0 Å². The Morgan fingerprint density at radius 1 is 1.04 bits per heavy atom. The lowest BCUT2D eigenvalue weighted by Gasteiger charge is -2.56. The zero-order valence-corrected chi connectivity index (χ0v) is 28.7. The van der Waals surface area contributed by atoms with Crippen molar-refractivity contribution in [1.82, 2.24) is 25.3 Å². The number of piperazine rings is 1. The molecule has 0 spiro atoms. The second-order valence-electron chi connectivity index (χ2n) is 11.3. The summed E-state index contributed by atoms with van der Waals surface area (Å²) in [5.41, 5.74) is 3.01. The highest BCUT2D eigenvalue weighted by atomic mass is 32.2. The van der Waals surface area contributed by atoms with E-state index in [-0.39, 0.29) is 42.2 Å². The van der Waals surface area contributed by atoms with Crippen LogP contribution in [0.15, 0.2) is 35.5 Å². The predicted octanol–water partition coefficient (Wildman–Crippen LogP) is -1.64. The van der Waals surface area contributed by atoms with Gasteiger partial charge in [-0.05, 0) is 24.6 Å². The minimum absolute atomic E-state index is 0.0243. The number of imide groups is 1. The van der Waals surface area contributed by atoms with Gasteiger partial charge >= 0.3 is 41.8 Å². The molecule has 280 valence electrons. The fraction of sp³-hybridized carbons (Fsp3) is 0.433. The maximum Gasteiger partial charge on any atom is 0.411 e. The second-order valence-corrected chi connectivity index (χ2v) is 12.4. The fourth-order valence-electron chi connectivity index (χ4n) is 5.32. The van der Waals surface area contributed by atoms with E-state index in [1.54, 1.807) is 6.92 Å². The molecule has 0 unspecified atom stereocenters. The lowest BCUT2D eigenvalue weighted by Crippen LogP contribution is -2.81. The number of carboxylic acid groups (broad SMARTS) is 2. The van der Waals surface area contributed by atoms with Crippen molar-refractivity contribution in [2.45, 2.75) is 37.0 Å². The molecule has 0 aromatic heterocycles. The number of ether oxygens (including phenoxy) is 3. The number of esters is 1. The van der Waals surface area contributed by atoms with Crippen LogP contribution in [-0.4, -0.2) is 141 Å². The van der Waals surface area contributed by atoms with E-state index in [4.69, 9.17) is 25.1 Å². The van der Waals surface area contributed by atoms with Crippen molar-refractivity contribution in [2.24, 2.45) is 5.73 Å².